The smallest absolute Gasteiger partial charge is 0.271 e. The first-order chi connectivity index (χ1) is 9.12. The number of nitro benzene ring substituents is 1. The number of hydrogen-bond donors (Lipinski definition) is 0. The van der Waals surface area contributed by atoms with E-state index >= 15 is 0 Å². The molecule has 0 aliphatic rings. The number of amides is 1. The zero-order chi connectivity index (χ0) is 15.5. The summed E-state index contributed by atoms with van der Waals surface area (Å²) < 4.78 is 0. The molecule has 1 rings (SSSR count). The largest absolute Gasteiger partial charge is 0.315 e. The van der Waals surface area contributed by atoms with Crippen LogP contribution < -0.4 is 4.90 Å². The van der Waals surface area contributed by atoms with Crippen LogP contribution in [-0.2, 0) is 9.59 Å². The molecule has 1 aromatic rings. The Balaban J connectivity index is 2.87. The van der Waals surface area contributed by atoms with Crippen molar-refractivity contribution in [3.63, 3.8) is 0 Å². The van der Waals surface area contributed by atoms with Crippen LogP contribution in [0.3, 0.4) is 0 Å². The maximum absolute atomic E-state index is 12.0. The number of ketones is 1. The fourth-order valence-corrected chi connectivity index (χ4v) is 1.48. The van der Waals surface area contributed by atoms with Gasteiger partial charge in [-0.3, -0.25) is 19.7 Å². The predicted molar refractivity (Wildman–Crippen MR) is 75.6 cm³/mol. The molecular weight excluding hydrogens is 260 g/mol. The zero-order valence-corrected chi connectivity index (χ0v) is 12.0. The van der Waals surface area contributed by atoms with E-state index < -0.39 is 10.3 Å². The van der Waals surface area contributed by atoms with E-state index in [1.54, 1.807) is 26.8 Å². The van der Waals surface area contributed by atoms with Crippen molar-refractivity contribution in [2.24, 2.45) is 5.41 Å². The van der Waals surface area contributed by atoms with Crippen LogP contribution in [0.15, 0.2) is 24.3 Å². The third-order valence-electron chi connectivity index (χ3n) is 2.95. The lowest BCUT2D eigenvalue weighted by atomic mass is 9.89. The second kappa shape index (κ2) is 5.81. The summed E-state index contributed by atoms with van der Waals surface area (Å²) in [4.78, 5) is 35.3. The molecule has 1 aromatic carbocycles. The number of hydrogen-bond acceptors (Lipinski definition) is 4. The topological polar surface area (TPSA) is 80.5 Å². The van der Waals surface area contributed by atoms with E-state index in [9.17, 15) is 19.7 Å². The number of carbonyl (C=O) groups is 2. The molecule has 0 fully saturated rings. The van der Waals surface area contributed by atoms with Gasteiger partial charge in [0.25, 0.3) is 5.69 Å². The Morgan fingerprint density at radius 2 is 1.90 bits per heavy atom. The molecule has 1 amide bonds. The highest BCUT2D eigenvalue weighted by Gasteiger charge is 2.25. The van der Waals surface area contributed by atoms with Gasteiger partial charge in [-0.2, -0.15) is 0 Å². The summed E-state index contributed by atoms with van der Waals surface area (Å²) in [5.41, 5.74) is -0.283. The Labute approximate surface area is 117 Å². The average molecular weight is 278 g/mol. The minimum Gasteiger partial charge on any atom is -0.315 e. The van der Waals surface area contributed by atoms with E-state index in [0.717, 1.165) is 0 Å². The molecule has 0 saturated heterocycles. The first-order valence-corrected chi connectivity index (χ1v) is 6.17. The van der Waals surface area contributed by atoms with Crippen molar-refractivity contribution in [3.05, 3.63) is 34.4 Å². The van der Waals surface area contributed by atoms with Crippen molar-refractivity contribution in [2.75, 3.05) is 11.9 Å². The molecule has 0 heterocycles. The van der Waals surface area contributed by atoms with Crippen LogP contribution >= 0.6 is 0 Å². The van der Waals surface area contributed by atoms with E-state index in [-0.39, 0.29) is 23.8 Å². The van der Waals surface area contributed by atoms with Gasteiger partial charge < -0.3 is 4.90 Å². The Kier molecular flexibility index (Phi) is 4.60. The number of anilines is 1. The summed E-state index contributed by atoms with van der Waals surface area (Å²) in [5, 5.41) is 10.7. The highest BCUT2D eigenvalue weighted by atomic mass is 16.6. The van der Waals surface area contributed by atoms with Gasteiger partial charge >= 0.3 is 0 Å². The van der Waals surface area contributed by atoms with Crippen LogP contribution in [0, 0.1) is 15.5 Å². The first-order valence-electron chi connectivity index (χ1n) is 6.17. The highest BCUT2D eigenvalue weighted by molar-refractivity contribution is 6.06. The zero-order valence-electron chi connectivity index (χ0n) is 12.0. The third-order valence-corrected chi connectivity index (χ3v) is 2.95. The highest BCUT2D eigenvalue weighted by Crippen LogP contribution is 2.22. The minimum atomic E-state index is -0.584. The van der Waals surface area contributed by atoms with Crippen molar-refractivity contribution >= 4 is 23.1 Å². The van der Waals surface area contributed by atoms with Crippen molar-refractivity contribution in [1.29, 1.82) is 0 Å². The first kappa shape index (κ1) is 15.8. The molecule has 0 aliphatic heterocycles. The van der Waals surface area contributed by atoms with Crippen molar-refractivity contribution in [1.82, 2.24) is 0 Å². The van der Waals surface area contributed by atoms with E-state index in [1.165, 1.54) is 30.1 Å². The second-order valence-corrected chi connectivity index (χ2v) is 5.58. The summed E-state index contributed by atoms with van der Waals surface area (Å²) in [6.45, 7) is 5.24. The second-order valence-electron chi connectivity index (χ2n) is 5.58. The van der Waals surface area contributed by atoms with Crippen LogP contribution in [0.2, 0.25) is 0 Å². The minimum absolute atomic E-state index is 0.0932. The molecule has 0 radical (unpaired) electrons. The molecule has 0 aromatic heterocycles. The molecule has 0 unspecified atom stereocenters. The Morgan fingerprint density at radius 3 is 2.40 bits per heavy atom. The lowest BCUT2D eigenvalue weighted by Gasteiger charge is -2.20. The summed E-state index contributed by atoms with van der Waals surface area (Å²) in [6.07, 6.45) is -0.220. The molecule has 0 atom stereocenters. The van der Waals surface area contributed by atoms with E-state index in [0.29, 0.717) is 5.69 Å². The quantitative estimate of drug-likeness (QED) is 0.481. The van der Waals surface area contributed by atoms with Crippen molar-refractivity contribution in [3.8, 4) is 0 Å². The number of Topliss-reactive ketones (excluding diaryl/α,β-unsaturated/α-hetero) is 1. The predicted octanol–water partition coefficient (Wildman–Crippen LogP) is 2.56. The van der Waals surface area contributed by atoms with Crippen LogP contribution in [0.1, 0.15) is 27.2 Å². The van der Waals surface area contributed by atoms with Crippen LogP contribution in [0.4, 0.5) is 11.4 Å². The number of nitro groups is 1. The fraction of sp³-hybridized carbons (Fsp3) is 0.429. The molecule has 0 spiro atoms. The number of rotatable bonds is 4. The van der Waals surface area contributed by atoms with E-state index in [4.69, 9.17) is 0 Å². The van der Waals surface area contributed by atoms with Gasteiger partial charge in [-0.1, -0.05) is 26.8 Å². The van der Waals surface area contributed by atoms with Crippen LogP contribution in [0.5, 0.6) is 0 Å². The summed E-state index contributed by atoms with van der Waals surface area (Å²) in [6, 6.07) is 5.75. The van der Waals surface area contributed by atoms with Crippen LogP contribution in [-0.4, -0.2) is 23.7 Å². The molecule has 108 valence electrons. The van der Waals surface area contributed by atoms with Gasteiger partial charge in [0, 0.05) is 24.6 Å². The van der Waals surface area contributed by atoms with Crippen molar-refractivity contribution < 1.29 is 14.5 Å². The Hall–Kier alpha value is -2.24. The Bertz CT molecular complexity index is 546. The molecule has 20 heavy (non-hydrogen) atoms. The summed E-state index contributed by atoms with van der Waals surface area (Å²) >= 11 is 0. The third kappa shape index (κ3) is 3.88. The number of non-ortho nitro benzene ring substituents is 1. The Morgan fingerprint density at radius 1 is 1.30 bits per heavy atom. The lowest BCUT2D eigenvalue weighted by molar-refractivity contribution is -0.384. The van der Waals surface area contributed by atoms with Gasteiger partial charge in [-0.15, -0.1) is 0 Å². The SMILES string of the molecule is CN(C(=O)CC(=O)C(C)(C)C)c1cccc([N+](=O)[O-])c1. The van der Waals surface area contributed by atoms with Gasteiger partial charge in [-0.25, -0.2) is 0 Å². The lowest BCUT2D eigenvalue weighted by Crippen LogP contribution is -2.32. The molecule has 6 heteroatoms. The van der Waals surface area contributed by atoms with Gasteiger partial charge in [-0.05, 0) is 6.07 Å². The number of nitrogens with zero attached hydrogens (tertiary/aromatic N) is 2. The standard InChI is InChI=1S/C14H18N2O4/c1-14(2,3)12(17)9-13(18)15(4)10-6-5-7-11(8-10)16(19)20/h5-8H,9H2,1-4H3. The van der Waals surface area contributed by atoms with E-state index in [2.05, 4.69) is 0 Å². The monoisotopic (exact) mass is 278 g/mol. The van der Waals surface area contributed by atoms with E-state index in [1.807, 2.05) is 0 Å². The molecule has 6 nitrogen and oxygen atoms in total. The number of benzene rings is 1. The molecule has 0 bridgehead atoms. The van der Waals surface area contributed by atoms with Gasteiger partial charge in [0.1, 0.15) is 5.78 Å². The fourth-order valence-electron chi connectivity index (χ4n) is 1.48. The van der Waals surface area contributed by atoms with Crippen LogP contribution in [0.25, 0.3) is 0 Å². The van der Waals surface area contributed by atoms with Gasteiger partial charge in [0.2, 0.25) is 5.91 Å². The maximum Gasteiger partial charge on any atom is 0.271 e. The normalized spacial score (nSPS) is 11.0. The molecular formula is C14H18N2O4. The van der Waals surface area contributed by atoms with Crippen molar-refractivity contribution in [2.45, 2.75) is 27.2 Å². The summed E-state index contributed by atoms with van der Waals surface area (Å²) in [7, 11) is 1.50. The number of carbonyl (C=O) groups excluding carboxylic acids is 2. The van der Waals surface area contributed by atoms with Gasteiger partial charge in [0.15, 0.2) is 0 Å². The maximum atomic E-state index is 12.0. The average Bonchev–Trinajstić information content (AvgIpc) is 2.36. The summed E-state index contributed by atoms with van der Waals surface area (Å²) in [5.74, 6) is -0.551. The molecule has 0 N–H and O–H groups in total. The van der Waals surface area contributed by atoms with Gasteiger partial charge in [0.05, 0.1) is 17.0 Å². The molecule has 0 aliphatic carbocycles. The molecule has 0 saturated carbocycles.